The number of nitrogens with zero attached hydrogens (tertiary/aromatic N) is 2. The van der Waals surface area contributed by atoms with Crippen molar-refractivity contribution in [1.82, 2.24) is 4.68 Å². The molecule has 0 aliphatic carbocycles. The lowest BCUT2D eigenvalue weighted by Gasteiger charge is -2.04. The van der Waals surface area contributed by atoms with Crippen molar-refractivity contribution in [2.75, 3.05) is 0 Å². The van der Waals surface area contributed by atoms with Crippen molar-refractivity contribution in [3.8, 4) is 0 Å². The molecule has 2 aromatic rings. The Balaban J connectivity index is 2.42. The lowest BCUT2D eigenvalue weighted by molar-refractivity contribution is 0.791. The normalized spacial score (nSPS) is 11.1. The molecule has 0 radical (unpaired) electrons. The highest BCUT2D eigenvalue weighted by Gasteiger charge is 2.00. The topological polar surface area (TPSA) is 34.4 Å². The number of pyridine rings is 1. The van der Waals surface area contributed by atoms with E-state index >= 15 is 0 Å². The molecule has 1 aromatic carbocycles. The van der Waals surface area contributed by atoms with Crippen LogP contribution in [0.15, 0.2) is 46.3 Å². The predicted octanol–water partition coefficient (Wildman–Crippen LogP) is 3.00. The summed E-state index contributed by atoms with van der Waals surface area (Å²) in [5.41, 5.74) is 2.37. The van der Waals surface area contributed by atoms with Crippen LogP contribution in [0.2, 0.25) is 5.02 Å². The average Bonchev–Trinajstić information content (AvgIpc) is 2.30. The molecule has 1 aromatic heterocycles. The van der Waals surface area contributed by atoms with Gasteiger partial charge in [-0.1, -0.05) is 29.8 Å². The number of halogens is 1. The molecule has 0 spiro atoms. The summed E-state index contributed by atoms with van der Waals surface area (Å²) < 4.78 is 1.36. The molecule has 0 bridgehead atoms. The van der Waals surface area contributed by atoms with E-state index in [1.54, 1.807) is 18.3 Å². The van der Waals surface area contributed by atoms with Crippen LogP contribution in [0.1, 0.15) is 16.8 Å². The molecule has 0 saturated carbocycles. The lowest BCUT2D eigenvalue weighted by atomic mass is 10.2. The smallest absolute Gasteiger partial charge is 0.267 e. The van der Waals surface area contributed by atoms with Gasteiger partial charge in [-0.15, -0.1) is 0 Å². The van der Waals surface area contributed by atoms with Crippen molar-refractivity contribution >= 4 is 17.8 Å². The summed E-state index contributed by atoms with van der Waals surface area (Å²) >= 11 is 6.02. The van der Waals surface area contributed by atoms with Gasteiger partial charge in [-0.3, -0.25) is 4.79 Å². The number of hydrogen-bond acceptors (Lipinski definition) is 2. The molecule has 0 atom stereocenters. The third kappa shape index (κ3) is 2.68. The number of aryl methyl sites for hydroxylation is 2. The highest BCUT2D eigenvalue weighted by Crippen LogP contribution is 2.12. The van der Waals surface area contributed by atoms with E-state index in [0.717, 1.165) is 16.8 Å². The molecule has 2 rings (SSSR count). The molecule has 1 heterocycles. The largest absolute Gasteiger partial charge is 0.271 e. The molecule has 0 fully saturated rings. The van der Waals surface area contributed by atoms with Crippen molar-refractivity contribution in [1.29, 1.82) is 0 Å². The number of aromatic nitrogens is 1. The van der Waals surface area contributed by atoms with Gasteiger partial charge >= 0.3 is 0 Å². The van der Waals surface area contributed by atoms with Crippen LogP contribution >= 0.6 is 11.6 Å². The second-order valence-corrected chi connectivity index (χ2v) is 4.50. The van der Waals surface area contributed by atoms with Gasteiger partial charge in [0.1, 0.15) is 0 Å². The fourth-order valence-corrected chi connectivity index (χ4v) is 1.89. The van der Waals surface area contributed by atoms with Crippen molar-refractivity contribution in [3.63, 3.8) is 0 Å². The molecule has 18 heavy (non-hydrogen) atoms. The van der Waals surface area contributed by atoms with Gasteiger partial charge in [-0.05, 0) is 31.5 Å². The van der Waals surface area contributed by atoms with Gasteiger partial charge in [0.25, 0.3) is 5.56 Å². The van der Waals surface area contributed by atoms with Gasteiger partial charge in [-0.25, -0.2) is 4.68 Å². The standard InChI is InChI=1S/C14H13ClN2O/c1-10-7-11(2)17(14(18)8-10)16-9-12-5-3-4-6-13(12)15/h3-9H,1-2H3/b16-9+. The summed E-state index contributed by atoms with van der Waals surface area (Å²) in [6.45, 7) is 3.73. The molecule has 0 saturated heterocycles. The van der Waals surface area contributed by atoms with Crippen molar-refractivity contribution in [3.05, 3.63) is 68.6 Å². The van der Waals surface area contributed by atoms with E-state index in [9.17, 15) is 4.79 Å². The van der Waals surface area contributed by atoms with Crippen molar-refractivity contribution < 1.29 is 0 Å². The molecule has 92 valence electrons. The first-order valence-corrected chi connectivity index (χ1v) is 5.95. The number of hydrogen-bond donors (Lipinski definition) is 0. The Morgan fingerprint density at radius 2 is 1.94 bits per heavy atom. The van der Waals surface area contributed by atoms with Crippen LogP contribution in [0, 0.1) is 13.8 Å². The number of rotatable bonds is 2. The monoisotopic (exact) mass is 260 g/mol. The molecular weight excluding hydrogens is 248 g/mol. The first kappa shape index (κ1) is 12.6. The van der Waals surface area contributed by atoms with Crippen LogP contribution < -0.4 is 5.56 Å². The SMILES string of the molecule is Cc1cc(C)n(/N=C/c2ccccc2Cl)c(=O)c1. The van der Waals surface area contributed by atoms with Crippen LogP contribution in [-0.2, 0) is 0 Å². The second kappa shape index (κ2) is 5.19. The van der Waals surface area contributed by atoms with Crippen LogP contribution in [0.3, 0.4) is 0 Å². The zero-order valence-corrected chi connectivity index (χ0v) is 11.0. The van der Waals surface area contributed by atoms with E-state index < -0.39 is 0 Å². The van der Waals surface area contributed by atoms with E-state index in [1.807, 2.05) is 38.1 Å². The molecule has 0 unspecified atom stereocenters. The zero-order valence-electron chi connectivity index (χ0n) is 10.2. The van der Waals surface area contributed by atoms with Crippen LogP contribution in [0.5, 0.6) is 0 Å². The maximum atomic E-state index is 11.8. The van der Waals surface area contributed by atoms with Crippen LogP contribution in [-0.4, -0.2) is 10.9 Å². The van der Waals surface area contributed by atoms with Crippen molar-refractivity contribution in [2.45, 2.75) is 13.8 Å². The molecule has 0 aliphatic rings. The van der Waals surface area contributed by atoms with E-state index in [2.05, 4.69) is 5.10 Å². The lowest BCUT2D eigenvalue weighted by Crippen LogP contribution is -2.18. The van der Waals surface area contributed by atoms with E-state index in [0.29, 0.717) is 5.02 Å². The second-order valence-electron chi connectivity index (χ2n) is 4.09. The Hall–Kier alpha value is -1.87. The third-order valence-electron chi connectivity index (χ3n) is 2.55. The third-order valence-corrected chi connectivity index (χ3v) is 2.89. The first-order chi connectivity index (χ1) is 8.58. The molecule has 3 nitrogen and oxygen atoms in total. The fraction of sp³-hybridized carbons (Fsp3) is 0.143. The average molecular weight is 261 g/mol. The quantitative estimate of drug-likeness (QED) is 0.765. The number of benzene rings is 1. The Morgan fingerprint density at radius 1 is 1.22 bits per heavy atom. The zero-order chi connectivity index (χ0) is 13.1. The van der Waals surface area contributed by atoms with Gasteiger partial charge in [0, 0.05) is 22.3 Å². The minimum atomic E-state index is -0.143. The van der Waals surface area contributed by atoms with Gasteiger partial charge in [0.2, 0.25) is 0 Å². The van der Waals surface area contributed by atoms with E-state index in [4.69, 9.17) is 11.6 Å². The van der Waals surface area contributed by atoms with Gasteiger partial charge in [0.15, 0.2) is 0 Å². The highest BCUT2D eigenvalue weighted by atomic mass is 35.5. The fourth-order valence-electron chi connectivity index (χ4n) is 1.71. The first-order valence-electron chi connectivity index (χ1n) is 5.57. The summed E-state index contributed by atoms with van der Waals surface area (Å²) in [4.78, 5) is 11.8. The summed E-state index contributed by atoms with van der Waals surface area (Å²) in [5.74, 6) is 0. The van der Waals surface area contributed by atoms with E-state index in [-0.39, 0.29) is 5.56 Å². The maximum absolute atomic E-state index is 11.8. The minimum absolute atomic E-state index is 0.143. The van der Waals surface area contributed by atoms with Crippen LogP contribution in [0.4, 0.5) is 0 Å². The Bertz CT molecular complexity index is 659. The van der Waals surface area contributed by atoms with Gasteiger partial charge < -0.3 is 0 Å². The van der Waals surface area contributed by atoms with Gasteiger partial charge in [-0.2, -0.15) is 5.10 Å². The predicted molar refractivity (Wildman–Crippen MR) is 74.6 cm³/mol. The minimum Gasteiger partial charge on any atom is -0.267 e. The summed E-state index contributed by atoms with van der Waals surface area (Å²) in [6, 6.07) is 10.8. The van der Waals surface area contributed by atoms with Crippen LogP contribution in [0.25, 0.3) is 0 Å². The maximum Gasteiger partial charge on any atom is 0.271 e. The van der Waals surface area contributed by atoms with Crippen molar-refractivity contribution in [2.24, 2.45) is 5.10 Å². The molecule has 4 heteroatoms. The molecular formula is C14H13ClN2O. The summed E-state index contributed by atoms with van der Waals surface area (Å²) in [5, 5.41) is 4.78. The summed E-state index contributed by atoms with van der Waals surface area (Å²) in [7, 11) is 0. The molecule has 0 amide bonds. The highest BCUT2D eigenvalue weighted by molar-refractivity contribution is 6.33. The summed E-state index contributed by atoms with van der Waals surface area (Å²) in [6.07, 6.45) is 1.59. The molecule has 0 N–H and O–H groups in total. The Morgan fingerprint density at radius 3 is 2.61 bits per heavy atom. The van der Waals surface area contributed by atoms with Gasteiger partial charge in [0.05, 0.1) is 6.21 Å². The Labute approximate surface area is 110 Å². The Kier molecular flexibility index (Phi) is 3.63. The van der Waals surface area contributed by atoms with E-state index in [1.165, 1.54) is 4.68 Å². The molecule has 0 aliphatic heterocycles.